The predicted octanol–water partition coefficient (Wildman–Crippen LogP) is 2.57. The summed E-state index contributed by atoms with van der Waals surface area (Å²) < 4.78 is 13.6. The molecule has 1 amide bonds. The van der Waals surface area contributed by atoms with E-state index < -0.39 is 0 Å². The molecule has 0 atom stereocenters. The van der Waals surface area contributed by atoms with Gasteiger partial charge in [0.05, 0.1) is 5.69 Å². The topological polar surface area (TPSA) is 32.3 Å². The van der Waals surface area contributed by atoms with Gasteiger partial charge in [-0.15, -0.1) is 0 Å². The molecule has 1 fully saturated rings. The molecular weight excluding hydrogens is 243 g/mol. The maximum Gasteiger partial charge on any atom is 0.226 e. The zero-order valence-corrected chi connectivity index (χ0v) is 11.4. The van der Waals surface area contributed by atoms with E-state index in [0.29, 0.717) is 18.0 Å². The van der Waals surface area contributed by atoms with E-state index in [1.807, 2.05) is 0 Å². The molecule has 1 aliphatic rings. The molecule has 0 aliphatic carbocycles. The number of piperidine rings is 1. The summed E-state index contributed by atoms with van der Waals surface area (Å²) in [5.41, 5.74) is 0.359. The van der Waals surface area contributed by atoms with E-state index in [-0.39, 0.29) is 11.7 Å². The van der Waals surface area contributed by atoms with Crippen LogP contribution < -0.4 is 10.2 Å². The van der Waals surface area contributed by atoms with Crippen LogP contribution in [0, 0.1) is 11.7 Å². The van der Waals surface area contributed by atoms with E-state index in [9.17, 15) is 9.18 Å². The smallest absolute Gasteiger partial charge is 0.226 e. The second kappa shape index (κ2) is 6.66. The molecule has 2 rings (SSSR count). The van der Waals surface area contributed by atoms with Gasteiger partial charge in [0.1, 0.15) is 5.82 Å². The number of amides is 1. The molecule has 1 saturated heterocycles. The zero-order valence-electron chi connectivity index (χ0n) is 11.4. The molecule has 104 valence electrons. The average molecular weight is 264 g/mol. The van der Waals surface area contributed by atoms with Crippen LogP contribution in [0.4, 0.5) is 10.1 Å². The van der Waals surface area contributed by atoms with E-state index in [0.717, 1.165) is 32.4 Å². The van der Waals surface area contributed by atoms with Gasteiger partial charge in [-0.3, -0.25) is 4.79 Å². The highest BCUT2D eigenvalue weighted by Gasteiger charge is 2.18. The van der Waals surface area contributed by atoms with Crippen LogP contribution in [0.25, 0.3) is 0 Å². The van der Waals surface area contributed by atoms with Gasteiger partial charge in [-0.1, -0.05) is 12.1 Å². The lowest BCUT2D eigenvalue weighted by molar-refractivity contribution is -0.118. The summed E-state index contributed by atoms with van der Waals surface area (Å²) in [6, 6.07) is 6.39. The van der Waals surface area contributed by atoms with Gasteiger partial charge in [0.25, 0.3) is 0 Å². The monoisotopic (exact) mass is 264 g/mol. The zero-order chi connectivity index (χ0) is 13.7. The summed E-state index contributed by atoms with van der Waals surface area (Å²) in [5.74, 6) is 0.267. The maximum absolute atomic E-state index is 13.6. The lowest BCUT2D eigenvalue weighted by Gasteiger charge is -2.23. The van der Waals surface area contributed by atoms with Gasteiger partial charge in [0.15, 0.2) is 0 Å². The molecule has 1 aliphatic heterocycles. The summed E-state index contributed by atoms with van der Waals surface area (Å²) in [6.07, 6.45) is 3.67. The van der Waals surface area contributed by atoms with Crippen molar-refractivity contribution in [2.45, 2.75) is 25.7 Å². The molecule has 0 unspecified atom stereocenters. The van der Waals surface area contributed by atoms with Crippen molar-refractivity contribution in [2.24, 2.45) is 5.92 Å². The molecule has 0 saturated carbocycles. The Morgan fingerprint density at radius 1 is 1.37 bits per heavy atom. The van der Waals surface area contributed by atoms with Gasteiger partial charge in [0, 0.05) is 13.5 Å². The molecule has 1 N–H and O–H groups in total. The molecule has 1 aromatic rings. The van der Waals surface area contributed by atoms with Crippen molar-refractivity contribution in [1.82, 2.24) is 5.32 Å². The Morgan fingerprint density at radius 2 is 2.05 bits per heavy atom. The third kappa shape index (κ3) is 3.77. The highest BCUT2D eigenvalue weighted by atomic mass is 19.1. The van der Waals surface area contributed by atoms with E-state index in [2.05, 4.69) is 5.32 Å². The maximum atomic E-state index is 13.6. The molecular formula is C15H21FN2O. The Labute approximate surface area is 113 Å². The third-order valence-corrected chi connectivity index (χ3v) is 3.81. The second-order valence-corrected chi connectivity index (χ2v) is 5.14. The van der Waals surface area contributed by atoms with Crippen LogP contribution >= 0.6 is 0 Å². The van der Waals surface area contributed by atoms with E-state index in [4.69, 9.17) is 0 Å². The SMILES string of the molecule is CN(C(=O)CCC1CCNCC1)c1ccccc1F. The highest BCUT2D eigenvalue weighted by molar-refractivity contribution is 5.92. The van der Waals surface area contributed by atoms with Gasteiger partial charge >= 0.3 is 0 Å². The first kappa shape index (κ1) is 14.0. The largest absolute Gasteiger partial charge is 0.317 e. The van der Waals surface area contributed by atoms with Crippen LogP contribution in [0.2, 0.25) is 0 Å². The molecule has 4 heteroatoms. The summed E-state index contributed by atoms with van der Waals surface area (Å²) in [6.45, 7) is 2.09. The molecule has 0 radical (unpaired) electrons. The van der Waals surface area contributed by atoms with Gasteiger partial charge in [-0.25, -0.2) is 4.39 Å². The number of carbonyl (C=O) groups excluding carboxylic acids is 1. The summed E-state index contributed by atoms with van der Waals surface area (Å²) in [5, 5.41) is 3.31. The lowest BCUT2D eigenvalue weighted by atomic mass is 9.93. The number of halogens is 1. The highest BCUT2D eigenvalue weighted by Crippen LogP contribution is 2.21. The van der Waals surface area contributed by atoms with Crippen molar-refractivity contribution in [3.05, 3.63) is 30.1 Å². The van der Waals surface area contributed by atoms with Crippen LogP contribution in [-0.4, -0.2) is 26.0 Å². The van der Waals surface area contributed by atoms with Crippen LogP contribution in [0.5, 0.6) is 0 Å². The fourth-order valence-electron chi connectivity index (χ4n) is 2.52. The van der Waals surface area contributed by atoms with Gasteiger partial charge in [-0.05, 0) is 50.4 Å². The summed E-state index contributed by atoms with van der Waals surface area (Å²) in [7, 11) is 1.64. The first-order valence-electron chi connectivity index (χ1n) is 6.90. The van der Waals surface area contributed by atoms with Crippen molar-refractivity contribution in [2.75, 3.05) is 25.0 Å². The number of hydrogen-bond donors (Lipinski definition) is 1. The third-order valence-electron chi connectivity index (χ3n) is 3.81. The van der Waals surface area contributed by atoms with Crippen molar-refractivity contribution >= 4 is 11.6 Å². The first-order valence-corrected chi connectivity index (χ1v) is 6.90. The fraction of sp³-hybridized carbons (Fsp3) is 0.533. The lowest BCUT2D eigenvalue weighted by Crippen LogP contribution is -2.30. The number of para-hydroxylation sites is 1. The normalized spacial score (nSPS) is 16.3. The molecule has 0 aromatic heterocycles. The average Bonchev–Trinajstić information content (AvgIpc) is 2.45. The quantitative estimate of drug-likeness (QED) is 0.906. The molecule has 0 spiro atoms. The Kier molecular flexibility index (Phi) is 4.91. The van der Waals surface area contributed by atoms with Crippen LogP contribution in [0.3, 0.4) is 0 Å². The number of anilines is 1. The fourth-order valence-corrected chi connectivity index (χ4v) is 2.52. The number of hydrogen-bond acceptors (Lipinski definition) is 2. The second-order valence-electron chi connectivity index (χ2n) is 5.14. The van der Waals surface area contributed by atoms with Gasteiger partial charge in [0.2, 0.25) is 5.91 Å². The molecule has 0 bridgehead atoms. The van der Waals surface area contributed by atoms with Gasteiger partial charge < -0.3 is 10.2 Å². The molecule has 1 heterocycles. The van der Waals surface area contributed by atoms with E-state index in [1.165, 1.54) is 11.0 Å². The van der Waals surface area contributed by atoms with Crippen molar-refractivity contribution < 1.29 is 9.18 Å². The Bertz CT molecular complexity index is 430. The van der Waals surface area contributed by atoms with Crippen LogP contribution in [0.15, 0.2) is 24.3 Å². The minimum Gasteiger partial charge on any atom is -0.317 e. The summed E-state index contributed by atoms with van der Waals surface area (Å²) in [4.78, 5) is 13.5. The predicted molar refractivity (Wildman–Crippen MR) is 74.6 cm³/mol. The Hall–Kier alpha value is -1.42. The minimum absolute atomic E-state index is 0.0105. The van der Waals surface area contributed by atoms with Crippen LogP contribution in [0.1, 0.15) is 25.7 Å². The van der Waals surface area contributed by atoms with Gasteiger partial charge in [-0.2, -0.15) is 0 Å². The van der Waals surface area contributed by atoms with E-state index in [1.54, 1.807) is 25.2 Å². The Balaban J connectivity index is 1.87. The number of nitrogens with zero attached hydrogens (tertiary/aromatic N) is 1. The van der Waals surface area contributed by atoms with Crippen molar-refractivity contribution in [1.29, 1.82) is 0 Å². The minimum atomic E-state index is -0.347. The first-order chi connectivity index (χ1) is 9.18. The molecule has 1 aromatic carbocycles. The Morgan fingerprint density at radius 3 is 2.74 bits per heavy atom. The van der Waals surface area contributed by atoms with Crippen molar-refractivity contribution in [3.63, 3.8) is 0 Å². The standard InChI is InChI=1S/C15H21FN2O/c1-18(14-5-3-2-4-13(14)16)15(19)7-6-12-8-10-17-11-9-12/h2-5,12,17H,6-11H2,1H3. The van der Waals surface area contributed by atoms with Crippen molar-refractivity contribution in [3.8, 4) is 0 Å². The number of carbonyl (C=O) groups is 1. The number of rotatable bonds is 4. The molecule has 3 nitrogen and oxygen atoms in total. The number of benzene rings is 1. The molecule has 19 heavy (non-hydrogen) atoms. The van der Waals surface area contributed by atoms with E-state index >= 15 is 0 Å². The van der Waals surface area contributed by atoms with Crippen LogP contribution in [-0.2, 0) is 4.79 Å². The summed E-state index contributed by atoms with van der Waals surface area (Å²) >= 11 is 0. The number of nitrogens with one attached hydrogen (secondary N) is 1.